The normalized spacial score (nSPS) is 14.4. The van der Waals surface area contributed by atoms with Gasteiger partial charge in [0.25, 0.3) is 0 Å². The fourth-order valence-corrected chi connectivity index (χ4v) is 4.36. The summed E-state index contributed by atoms with van der Waals surface area (Å²) in [5, 5.41) is 4.64. The fraction of sp³-hybridized carbons (Fsp3) is 0.300. The van der Waals surface area contributed by atoms with E-state index in [1.165, 1.54) is 0 Å². The summed E-state index contributed by atoms with van der Waals surface area (Å²) in [7, 11) is 1.66. The van der Waals surface area contributed by atoms with E-state index in [-0.39, 0.29) is 6.03 Å². The third kappa shape index (κ3) is 4.00. The second-order valence-corrected chi connectivity index (χ2v) is 8.01. The lowest BCUT2D eigenvalue weighted by Gasteiger charge is -2.34. The molecule has 0 radical (unpaired) electrons. The lowest BCUT2D eigenvalue weighted by molar-refractivity contribution is 0.194. The van der Waals surface area contributed by atoms with Gasteiger partial charge in [-0.3, -0.25) is 0 Å². The maximum atomic E-state index is 12.4. The number of nitrogens with one attached hydrogen (secondary N) is 1. The van der Waals surface area contributed by atoms with Gasteiger partial charge in [0.1, 0.15) is 11.3 Å². The molecule has 0 bridgehead atoms. The molecule has 4 rings (SSSR count). The van der Waals surface area contributed by atoms with Crippen molar-refractivity contribution in [2.75, 3.05) is 38.2 Å². The number of urea groups is 1. The molecule has 1 fully saturated rings. The molecule has 8 heteroatoms. The van der Waals surface area contributed by atoms with Crippen molar-refractivity contribution in [1.29, 1.82) is 0 Å². The van der Waals surface area contributed by atoms with E-state index in [0.717, 1.165) is 39.8 Å². The largest absolute Gasteiger partial charge is 0.494 e. The highest BCUT2D eigenvalue weighted by Gasteiger charge is 2.23. The number of carbonyl (C=O) groups is 1. The van der Waals surface area contributed by atoms with E-state index in [1.807, 2.05) is 41.3 Å². The summed E-state index contributed by atoms with van der Waals surface area (Å²) in [6.07, 6.45) is 0. The van der Waals surface area contributed by atoms with Gasteiger partial charge in [-0.15, -0.1) is 0 Å². The summed E-state index contributed by atoms with van der Waals surface area (Å²) in [6.45, 7) is 3.35. The van der Waals surface area contributed by atoms with Gasteiger partial charge in [0, 0.05) is 37.7 Å². The monoisotopic (exact) mass is 416 g/mol. The van der Waals surface area contributed by atoms with Gasteiger partial charge in [-0.05, 0) is 29.8 Å². The molecule has 0 aliphatic carbocycles. The number of methoxy groups -OCH3 is 1. The third-order valence-electron chi connectivity index (χ3n) is 4.78. The van der Waals surface area contributed by atoms with E-state index >= 15 is 0 Å². The van der Waals surface area contributed by atoms with Gasteiger partial charge in [-0.2, -0.15) is 0 Å². The predicted octanol–water partition coefficient (Wildman–Crippen LogP) is 3.99. The number of halogens is 1. The van der Waals surface area contributed by atoms with Crippen molar-refractivity contribution < 1.29 is 9.53 Å². The van der Waals surface area contributed by atoms with Crippen molar-refractivity contribution in [3.05, 3.63) is 53.1 Å². The highest BCUT2D eigenvalue weighted by atomic mass is 35.5. The number of hydrogen-bond donors (Lipinski definition) is 1. The van der Waals surface area contributed by atoms with Crippen molar-refractivity contribution in [2.24, 2.45) is 0 Å². The molecule has 0 saturated carbocycles. The maximum absolute atomic E-state index is 12.4. The molecule has 1 N–H and O–H groups in total. The summed E-state index contributed by atoms with van der Waals surface area (Å²) in [5.74, 6) is 0.792. The van der Waals surface area contributed by atoms with Crippen LogP contribution in [0, 0.1) is 0 Å². The van der Waals surface area contributed by atoms with E-state index in [4.69, 9.17) is 21.3 Å². The molecule has 146 valence electrons. The van der Waals surface area contributed by atoms with Crippen LogP contribution in [0.5, 0.6) is 5.75 Å². The molecule has 3 aromatic rings. The van der Waals surface area contributed by atoms with E-state index in [9.17, 15) is 4.79 Å². The average Bonchev–Trinajstić information content (AvgIpc) is 3.17. The second kappa shape index (κ2) is 8.24. The smallest absolute Gasteiger partial charge is 0.317 e. The number of rotatable bonds is 4. The molecule has 0 atom stereocenters. The first kappa shape index (κ1) is 18.8. The molecule has 1 saturated heterocycles. The lowest BCUT2D eigenvalue weighted by Crippen LogP contribution is -2.51. The van der Waals surface area contributed by atoms with Gasteiger partial charge in [0.05, 0.1) is 11.8 Å². The van der Waals surface area contributed by atoms with Crippen molar-refractivity contribution in [2.45, 2.75) is 6.54 Å². The number of aromatic nitrogens is 1. The number of thiazole rings is 1. The van der Waals surface area contributed by atoms with Crippen LogP contribution in [0.2, 0.25) is 5.02 Å². The Morgan fingerprint density at radius 2 is 1.93 bits per heavy atom. The fourth-order valence-electron chi connectivity index (χ4n) is 3.20. The minimum absolute atomic E-state index is 0.0411. The van der Waals surface area contributed by atoms with Crippen LogP contribution in [-0.2, 0) is 6.54 Å². The number of carbonyl (C=O) groups excluding carboxylic acids is 1. The van der Waals surface area contributed by atoms with Gasteiger partial charge in [0.2, 0.25) is 0 Å². The lowest BCUT2D eigenvalue weighted by atomic mass is 10.2. The first-order valence-corrected chi connectivity index (χ1v) is 10.3. The number of fused-ring (bicyclic) bond motifs is 1. The topological polar surface area (TPSA) is 57.7 Å². The van der Waals surface area contributed by atoms with Crippen molar-refractivity contribution >= 4 is 44.3 Å². The summed E-state index contributed by atoms with van der Waals surface area (Å²) in [5.41, 5.74) is 1.92. The van der Waals surface area contributed by atoms with Crippen LogP contribution in [0.25, 0.3) is 10.2 Å². The minimum atomic E-state index is -0.0411. The van der Waals surface area contributed by atoms with Gasteiger partial charge < -0.3 is 19.9 Å². The SMILES string of the molecule is COc1cccc2sc(N3CCN(C(=O)NCc4ccc(Cl)cc4)CC3)nc12. The van der Waals surface area contributed by atoms with Gasteiger partial charge in [0.15, 0.2) is 5.13 Å². The van der Waals surface area contributed by atoms with Crippen LogP contribution in [0.1, 0.15) is 5.56 Å². The van der Waals surface area contributed by atoms with Crippen LogP contribution in [0.15, 0.2) is 42.5 Å². The first-order valence-electron chi connectivity index (χ1n) is 9.10. The Kier molecular flexibility index (Phi) is 5.54. The van der Waals surface area contributed by atoms with Crippen LogP contribution in [0.3, 0.4) is 0 Å². The number of ether oxygens (including phenoxy) is 1. The molecule has 2 aromatic carbocycles. The molecule has 1 aliphatic heterocycles. The van der Waals surface area contributed by atoms with E-state index in [1.54, 1.807) is 18.4 Å². The highest BCUT2D eigenvalue weighted by Crippen LogP contribution is 2.34. The Morgan fingerprint density at radius 1 is 1.18 bits per heavy atom. The van der Waals surface area contributed by atoms with E-state index < -0.39 is 0 Å². The minimum Gasteiger partial charge on any atom is -0.494 e. The molecule has 1 aromatic heterocycles. The van der Waals surface area contributed by atoms with Crippen molar-refractivity contribution in [3.63, 3.8) is 0 Å². The van der Waals surface area contributed by atoms with E-state index in [0.29, 0.717) is 24.7 Å². The molecule has 6 nitrogen and oxygen atoms in total. The first-order chi connectivity index (χ1) is 13.6. The number of para-hydroxylation sites is 1. The molecule has 0 spiro atoms. The van der Waals surface area contributed by atoms with Crippen molar-refractivity contribution in [3.8, 4) is 5.75 Å². The summed E-state index contributed by atoms with van der Waals surface area (Å²) in [6, 6.07) is 13.4. The highest BCUT2D eigenvalue weighted by molar-refractivity contribution is 7.22. The Labute approximate surface area is 172 Å². The van der Waals surface area contributed by atoms with E-state index in [2.05, 4.69) is 16.3 Å². The summed E-state index contributed by atoms with van der Waals surface area (Å²) in [4.78, 5) is 21.3. The molecular formula is C20H21ClN4O2S. The standard InChI is InChI=1S/C20H21ClN4O2S/c1-27-16-3-2-4-17-18(16)23-20(28-17)25-11-9-24(10-12-25)19(26)22-13-14-5-7-15(21)8-6-14/h2-8H,9-13H2,1H3,(H,22,26). The molecule has 2 heterocycles. The molecule has 1 aliphatic rings. The summed E-state index contributed by atoms with van der Waals surface area (Å²) >= 11 is 7.55. The Morgan fingerprint density at radius 3 is 2.64 bits per heavy atom. The Hall–Kier alpha value is -2.51. The zero-order valence-corrected chi connectivity index (χ0v) is 17.1. The van der Waals surface area contributed by atoms with Crippen molar-refractivity contribution in [1.82, 2.24) is 15.2 Å². The second-order valence-electron chi connectivity index (χ2n) is 6.56. The predicted molar refractivity (Wildman–Crippen MR) is 114 cm³/mol. The van der Waals surface area contributed by atoms with Crippen LogP contribution >= 0.6 is 22.9 Å². The van der Waals surface area contributed by atoms with Crippen LogP contribution in [-0.4, -0.2) is 49.2 Å². The number of benzene rings is 2. The number of hydrogen-bond acceptors (Lipinski definition) is 5. The van der Waals surface area contributed by atoms with Crippen LogP contribution < -0.4 is 15.0 Å². The number of anilines is 1. The third-order valence-corrected chi connectivity index (χ3v) is 6.12. The zero-order chi connectivity index (χ0) is 19.5. The Bertz CT molecular complexity index is 968. The van der Waals surface area contributed by atoms with Gasteiger partial charge in [-0.25, -0.2) is 9.78 Å². The van der Waals surface area contributed by atoms with Crippen LogP contribution in [0.4, 0.5) is 9.93 Å². The van der Waals surface area contributed by atoms with Gasteiger partial charge >= 0.3 is 6.03 Å². The Balaban J connectivity index is 1.34. The number of nitrogens with zero attached hydrogens (tertiary/aromatic N) is 3. The number of piperazine rings is 1. The van der Waals surface area contributed by atoms with Gasteiger partial charge in [-0.1, -0.05) is 41.1 Å². The summed E-state index contributed by atoms with van der Waals surface area (Å²) < 4.78 is 6.51. The molecule has 0 unspecified atom stereocenters. The molecule has 2 amide bonds. The molecule has 28 heavy (non-hydrogen) atoms. The average molecular weight is 417 g/mol. The maximum Gasteiger partial charge on any atom is 0.317 e. The quantitative estimate of drug-likeness (QED) is 0.698. The zero-order valence-electron chi connectivity index (χ0n) is 15.5. The molecular weight excluding hydrogens is 396 g/mol. The number of amides is 2.